The lowest BCUT2D eigenvalue weighted by atomic mass is 10.1. The Morgan fingerprint density at radius 1 is 1.13 bits per heavy atom. The standard InChI is InChI=1S/C11H6F2OS/c12-8-2-1-3-9(13)10(8)11(14)7-4-5-15-6-7/h1-6H. The van der Waals surface area contributed by atoms with Gasteiger partial charge >= 0.3 is 0 Å². The molecule has 0 saturated heterocycles. The van der Waals surface area contributed by atoms with Crippen LogP contribution >= 0.6 is 11.3 Å². The lowest BCUT2D eigenvalue weighted by Gasteiger charge is -2.01. The number of hydrogen-bond donors (Lipinski definition) is 0. The number of ketones is 1. The van der Waals surface area contributed by atoms with E-state index in [1.54, 1.807) is 16.8 Å². The van der Waals surface area contributed by atoms with Crippen LogP contribution < -0.4 is 0 Å². The number of rotatable bonds is 2. The zero-order valence-electron chi connectivity index (χ0n) is 7.54. The van der Waals surface area contributed by atoms with Crippen LogP contribution in [0.5, 0.6) is 0 Å². The molecule has 76 valence electrons. The topological polar surface area (TPSA) is 17.1 Å². The molecule has 1 heterocycles. The molecule has 0 N–H and O–H groups in total. The minimum absolute atomic E-state index is 0.309. The Balaban J connectivity index is 2.51. The van der Waals surface area contributed by atoms with Crippen LogP contribution in [-0.2, 0) is 0 Å². The van der Waals surface area contributed by atoms with Crippen LogP contribution in [-0.4, -0.2) is 5.78 Å². The summed E-state index contributed by atoms with van der Waals surface area (Å²) in [5.74, 6) is -2.27. The van der Waals surface area contributed by atoms with Crippen molar-refractivity contribution in [3.05, 3.63) is 57.8 Å². The molecule has 1 aromatic heterocycles. The molecule has 0 radical (unpaired) electrons. The van der Waals surface area contributed by atoms with Gasteiger partial charge in [0, 0.05) is 10.9 Å². The Morgan fingerprint density at radius 3 is 2.33 bits per heavy atom. The van der Waals surface area contributed by atoms with Crippen molar-refractivity contribution in [2.75, 3.05) is 0 Å². The van der Waals surface area contributed by atoms with E-state index in [-0.39, 0.29) is 0 Å². The molecule has 4 heteroatoms. The van der Waals surface area contributed by atoms with Gasteiger partial charge in [-0.25, -0.2) is 8.78 Å². The van der Waals surface area contributed by atoms with Gasteiger partial charge in [0.2, 0.25) is 0 Å². The van der Waals surface area contributed by atoms with Crippen LogP contribution in [0.25, 0.3) is 0 Å². The fraction of sp³-hybridized carbons (Fsp3) is 0. The van der Waals surface area contributed by atoms with E-state index in [0.29, 0.717) is 5.56 Å². The van der Waals surface area contributed by atoms with Crippen LogP contribution in [0, 0.1) is 11.6 Å². The van der Waals surface area contributed by atoms with Crippen molar-refractivity contribution in [1.82, 2.24) is 0 Å². The molecule has 0 fully saturated rings. The Kier molecular flexibility index (Phi) is 2.60. The molecular weight excluding hydrogens is 218 g/mol. The van der Waals surface area contributed by atoms with Gasteiger partial charge in [0.05, 0.1) is 5.56 Å². The first-order chi connectivity index (χ1) is 7.20. The van der Waals surface area contributed by atoms with E-state index >= 15 is 0 Å². The molecule has 2 rings (SSSR count). The van der Waals surface area contributed by atoms with E-state index in [0.717, 1.165) is 12.1 Å². The van der Waals surface area contributed by atoms with E-state index in [2.05, 4.69) is 0 Å². The Morgan fingerprint density at radius 2 is 1.80 bits per heavy atom. The van der Waals surface area contributed by atoms with Gasteiger partial charge in [0.25, 0.3) is 0 Å². The second-order valence-corrected chi connectivity index (χ2v) is 3.72. The number of benzene rings is 1. The van der Waals surface area contributed by atoms with Gasteiger partial charge in [-0.1, -0.05) is 6.07 Å². The summed E-state index contributed by atoms with van der Waals surface area (Å²) in [4.78, 5) is 11.7. The summed E-state index contributed by atoms with van der Waals surface area (Å²) in [6, 6.07) is 4.92. The van der Waals surface area contributed by atoms with Gasteiger partial charge in [-0.3, -0.25) is 4.79 Å². The highest BCUT2D eigenvalue weighted by atomic mass is 32.1. The third kappa shape index (κ3) is 1.80. The van der Waals surface area contributed by atoms with Crippen molar-refractivity contribution in [3.8, 4) is 0 Å². The molecule has 1 aromatic carbocycles. The maximum absolute atomic E-state index is 13.2. The molecule has 2 aromatic rings. The summed E-state index contributed by atoms with van der Waals surface area (Å²) >= 11 is 1.31. The first-order valence-corrected chi connectivity index (χ1v) is 5.15. The van der Waals surface area contributed by atoms with Crippen LogP contribution in [0.1, 0.15) is 15.9 Å². The maximum Gasteiger partial charge on any atom is 0.199 e. The largest absolute Gasteiger partial charge is 0.288 e. The monoisotopic (exact) mass is 224 g/mol. The predicted molar refractivity (Wildman–Crippen MR) is 54.1 cm³/mol. The Labute approximate surface area is 89.0 Å². The van der Waals surface area contributed by atoms with Crippen molar-refractivity contribution in [1.29, 1.82) is 0 Å². The van der Waals surface area contributed by atoms with Gasteiger partial charge in [0.1, 0.15) is 11.6 Å². The van der Waals surface area contributed by atoms with Gasteiger partial charge in [-0.05, 0) is 23.6 Å². The van der Waals surface area contributed by atoms with Crippen molar-refractivity contribution in [3.63, 3.8) is 0 Å². The van der Waals surface area contributed by atoms with Gasteiger partial charge in [-0.15, -0.1) is 0 Å². The average Bonchev–Trinajstić information content (AvgIpc) is 2.69. The molecule has 0 bridgehead atoms. The number of carbonyl (C=O) groups excluding carboxylic acids is 1. The molecule has 0 amide bonds. The second kappa shape index (κ2) is 3.90. The van der Waals surface area contributed by atoms with Crippen molar-refractivity contribution >= 4 is 17.1 Å². The van der Waals surface area contributed by atoms with E-state index in [9.17, 15) is 13.6 Å². The summed E-state index contributed by atoms with van der Waals surface area (Å²) in [7, 11) is 0. The molecule has 0 unspecified atom stereocenters. The summed E-state index contributed by atoms with van der Waals surface area (Å²) in [6.07, 6.45) is 0. The van der Waals surface area contributed by atoms with Crippen molar-refractivity contribution in [2.24, 2.45) is 0 Å². The summed E-state index contributed by atoms with van der Waals surface area (Å²) in [5.41, 5.74) is -0.181. The smallest absolute Gasteiger partial charge is 0.199 e. The maximum atomic E-state index is 13.2. The molecule has 15 heavy (non-hydrogen) atoms. The van der Waals surface area contributed by atoms with E-state index in [4.69, 9.17) is 0 Å². The second-order valence-electron chi connectivity index (χ2n) is 2.94. The minimum Gasteiger partial charge on any atom is -0.288 e. The fourth-order valence-electron chi connectivity index (χ4n) is 1.25. The normalized spacial score (nSPS) is 10.3. The molecule has 0 aliphatic heterocycles. The van der Waals surface area contributed by atoms with Crippen molar-refractivity contribution in [2.45, 2.75) is 0 Å². The highest BCUT2D eigenvalue weighted by Gasteiger charge is 2.18. The summed E-state index contributed by atoms with van der Waals surface area (Å²) < 4.78 is 26.5. The number of carbonyl (C=O) groups is 1. The third-order valence-electron chi connectivity index (χ3n) is 1.97. The van der Waals surface area contributed by atoms with E-state index in [1.807, 2.05) is 0 Å². The SMILES string of the molecule is O=C(c1ccsc1)c1c(F)cccc1F. The number of thiophene rings is 1. The zero-order valence-corrected chi connectivity index (χ0v) is 8.35. The number of hydrogen-bond acceptors (Lipinski definition) is 2. The van der Waals surface area contributed by atoms with Gasteiger partial charge < -0.3 is 0 Å². The highest BCUT2D eigenvalue weighted by molar-refractivity contribution is 7.08. The summed E-state index contributed by atoms with van der Waals surface area (Å²) in [6.45, 7) is 0. The quantitative estimate of drug-likeness (QED) is 0.715. The molecule has 1 nitrogen and oxygen atoms in total. The van der Waals surface area contributed by atoms with E-state index < -0.39 is 23.0 Å². The molecule has 0 spiro atoms. The zero-order chi connectivity index (χ0) is 10.8. The molecule has 0 atom stereocenters. The van der Waals surface area contributed by atoms with Crippen LogP contribution in [0.4, 0.5) is 8.78 Å². The van der Waals surface area contributed by atoms with Gasteiger partial charge in [0.15, 0.2) is 5.78 Å². The van der Waals surface area contributed by atoms with Crippen molar-refractivity contribution < 1.29 is 13.6 Å². The molecule has 0 aliphatic rings. The predicted octanol–water partition coefficient (Wildman–Crippen LogP) is 3.26. The fourth-order valence-corrected chi connectivity index (χ4v) is 1.89. The summed E-state index contributed by atoms with van der Waals surface area (Å²) in [5, 5.41) is 3.25. The lowest BCUT2D eigenvalue weighted by molar-refractivity contribution is 0.103. The number of halogens is 2. The van der Waals surface area contributed by atoms with Crippen LogP contribution in [0.3, 0.4) is 0 Å². The van der Waals surface area contributed by atoms with Gasteiger partial charge in [-0.2, -0.15) is 11.3 Å². The Hall–Kier alpha value is -1.55. The molecule has 0 saturated carbocycles. The molecular formula is C11H6F2OS. The third-order valence-corrected chi connectivity index (χ3v) is 2.66. The van der Waals surface area contributed by atoms with Crippen LogP contribution in [0.2, 0.25) is 0 Å². The van der Waals surface area contributed by atoms with Crippen LogP contribution in [0.15, 0.2) is 35.0 Å². The average molecular weight is 224 g/mol. The minimum atomic E-state index is -0.828. The Bertz CT molecular complexity index is 471. The molecule has 0 aliphatic carbocycles. The first kappa shape index (κ1) is 9.98. The highest BCUT2D eigenvalue weighted by Crippen LogP contribution is 2.18. The lowest BCUT2D eigenvalue weighted by Crippen LogP contribution is -2.06. The first-order valence-electron chi connectivity index (χ1n) is 4.21. The van der Waals surface area contributed by atoms with E-state index in [1.165, 1.54) is 17.4 Å².